The van der Waals surface area contributed by atoms with Crippen LogP contribution in [-0.4, -0.2) is 46.6 Å². The van der Waals surface area contributed by atoms with Crippen molar-refractivity contribution in [3.8, 4) is 0 Å². The molecule has 1 fully saturated rings. The Balaban J connectivity index is 2.22. The molecule has 0 atom stereocenters. The molecule has 5 heteroatoms. The summed E-state index contributed by atoms with van der Waals surface area (Å²) in [6.45, 7) is 8.17. The van der Waals surface area contributed by atoms with Gasteiger partial charge in [-0.1, -0.05) is 13.8 Å². The molecule has 116 valence electrons. The van der Waals surface area contributed by atoms with Gasteiger partial charge in [0.05, 0.1) is 6.10 Å². The van der Waals surface area contributed by atoms with Crippen LogP contribution < -0.4 is 5.32 Å². The van der Waals surface area contributed by atoms with Gasteiger partial charge in [-0.05, 0) is 37.8 Å². The van der Waals surface area contributed by atoms with Gasteiger partial charge in [0.2, 0.25) is 0 Å². The second-order valence-corrected chi connectivity index (χ2v) is 5.87. The number of hydrogen-bond acceptors (Lipinski definition) is 4. The highest BCUT2D eigenvalue weighted by Crippen LogP contribution is 2.20. The summed E-state index contributed by atoms with van der Waals surface area (Å²) in [5.41, 5.74) is 1.61. The molecule has 0 bridgehead atoms. The molecule has 0 aromatic carbocycles. The number of carbonyl (C=O) groups is 1. The van der Waals surface area contributed by atoms with E-state index >= 15 is 0 Å². The van der Waals surface area contributed by atoms with Crippen molar-refractivity contribution in [3.63, 3.8) is 0 Å². The van der Waals surface area contributed by atoms with E-state index in [4.69, 9.17) is 0 Å². The predicted octanol–water partition coefficient (Wildman–Crippen LogP) is 2.23. The quantitative estimate of drug-likeness (QED) is 0.893. The van der Waals surface area contributed by atoms with Crippen LogP contribution in [0.15, 0.2) is 12.1 Å². The molecule has 21 heavy (non-hydrogen) atoms. The minimum atomic E-state index is -0.268. The summed E-state index contributed by atoms with van der Waals surface area (Å²) >= 11 is 0. The van der Waals surface area contributed by atoms with Crippen LogP contribution in [0.5, 0.6) is 0 Å². The van der Waals surface area contributed by atoms with Crippen molar-refractivity contribution < 1.29 is 9.90 Å². The number of anilines is 1. The Morgan fingerprint density at radius 3 is 2.67 bits per heavy atom. The summed E-state index contributed by atoms with van der Waals surface area (Å²) in [4.78, 5) is 19.0. The molecule has 1 saturated heterocycles. The normalized spacial score (nSPS) is 16.3. The first-order valence-corrected chi connectivity index (χ1v) is 7.74. The molecular formula is C16H25N3O2. The van der Waals surface area contributed by atoms with Crippen LogP contribution in [0.1, 0.15) is 55.6 Å². The smallest absolute Gasteiger partial charge is 0.254 e. The van der Waals surface area contributed by atoms with Gasteiger partial charge in [0, 0.05) is 30.9 Å². The molecule has 0 radical (unpaired) electrons. The van der Waals surface area contributed by atoms with Gasteiger partial charge in [-0.15, -0.1) is 0 Å². The van der Waals surface area contributed by atoms with Gasteiger partial charge in [0.15, 0.2) is 0 Å². The van der Waals surface area contributed by atoms with Crippen LogP contribution in [0.25, 0.3) is 0 Å². The Hall–Kier alpha value is -1.62. The fraction of sp³-hybridized carbons (Fsp3) is 0.625. The molecular weight excluding hydrogens is 266 g/mol. The minimum Gasteiger partial charge on any atom is -0.393 e. The fourth-order valence-electron chi connectivity index (χ4n) is 2.49. The number of pyridine rings is 1. The fourth-order valence-corrected chi connectivity index (χ4v) is 2.49. The first-order chi connectivity index (χ1) is 10.0. The second-order valence-electron chi connectivity index (χ2n) is 5.87. The van der Waals surface area contributed by atoms with Crippen molar-refractivity contribution >= 4 is 11.7 Å². The number of carbonyl (C=O) groups excluding carboxylic acids is 1. The summed E-state index contributed by atoms with van der Waals surface area (Å²) in [5.74, 6) is 1.06. The maximum Gasteiger partial charge on any atom is 0.254 e. The van der Waals surface area contributed by atoms with E-state index in [0.717, 1.165) is 18.1 Å². The molecule has 0 aliphatic carbocycles. The van der Waals surface area contributed by atoms with E-state index in [9.17, 15) is 9.90 Å². The summed E-state index contributed by atoms with van der Waals surface area (Å²) in [6.07, 6.45) is 1.05. The summed E-state index contributed by atoms with van der Waals surface area (Å²) in [5, 5.41) is 12.7. The van der Waals surface area contributed by atoms with Gasteiger partial charge in [-0.25, -0.2) is 4.98 Å². The molecule has 0 saturated carbocycles. The Bertz CT molecular complexity index is 494. The third-order valence-corrected chi connectivity index (χ3v) is 3.79. The number of nitrogens with zero attached hydrogens (tertiary/aromatic N) is 2. The number of aliphatic hydroxyl groups is 1. The van der Waals surface area contributed by atoms with Crippen LogP contribution in [0, 0.1) is 0 Å². The second kappa shape index (κ2) is 6.89. The average molecular weight is 291 g/mol. The van der Waals surface area contributed by atoms with Gasteiger partial charge in [0.1, 0.15) is 5.82 Å². The van der Waals surface area contributed by atoms with E-state index < -0.39 is 0 Å². The molecule has 1 aromatic rings. The molecule has 0 unspecified atom stereocenters. The van der Waals surface area contributed by atoms with Crippen LogP contribution in [-0.2, 0) is 0 Å². The number of aromatic nitrogens is 1. The lowest BCUT2D eigenvalue weighted by Gasteiger charge is -2.29. The molecule has 1 aliphatic heterocycles. The van der Waals surface area contributed by atoms with E-state index in [1.807, 2.05) is 24.0 Å². The maximum atomic E-state index is 12.6. The number of likely N-dealkylation sites (tertiary alicyclic amines) is 1. The van der Waals surface area contributed by atoms with Crippen molar-refractivity contribution in [1.82, 2.24) is 9.88 Å². The summed E-state index contributed by atoms with van der Waals surface area (Å²) in [6, 6.07) is 3.71. The van der Waals surface area contributed by atoms with Crippen molar-refractivity contribution in [2.45, 2.75) is 45.6 Å². The van der Waals surface area contributed by atoms with E-state index in [1.54, 1.807) is 0 Å². The van der Waals surface area contributed by atoms with Gasteiger partial charge in [-0.2, -0.15) is 0 Å². The molecule has 5 nitrogen and oxygen atoms in total. The first-order valence-electron chi connectivity index (χ1n) is 7.74. The SMILES string of the molecule is CCNc1cc(C(=O)N2CCC(O)CC2)cc(C(C)C)n1. The zero-order chi connectivity index (χ0) is 15.4. The molecule has 1 aromatic heterocycles. The number of aliphatic hydroxyl groups excluding tert-OH is 1. The molecule has 2 N–H and O–H groups in total. The monoisotopic (exact) mass is 291 g/mol. The summed E-state index contributed by atoms with van der Waals surface area (Å²) < 4.78 is 0. The number of hydrogen-bond donors (Lipinski definition) is 2. The Labute approximate surface area is 126 Å². The largest absolute Gasteiger partial charge is 0.393 e. The van der Waals surface area contributed by atoms with Crippen LogP contribution in [0.2, 0.25) is 0 Å². The molecule has 2 heterocycles. The van der Waals surface area contributed by atoms with Crippen LogP contribution in [0.3, 0.4) is 0 Å². The first kappa shape index (κ1) is 15.8. The number of rotatable bonds is 4. The third-order valence-electron chi connectivity index (χ3n) is 3.79. The van der Waals surface area contributed by atoms with Gasteiger partial charge in [-0.3, -0.25) is 4.79 Å². The average Bonchev–Trinajstić information content (AvgIpc) is 2.47. The number of nitrogens with one attached hydrogen (secondary N) is 1. The van der Waals surface area contributed by atoms with Gasteiger partial charge in [0.25, 0.3) is 5.91 Å². The van der Waals surface area contributed by atoms with Crippen molar-refractivity contribution in [2.75, 3.05) is 25.0 Å². The molecule has 0 spiro atoms. The van der Waals surface area contributed by atoms with E-state index in [0.29, 0.717) is 31.5 Å². The highest BCUT2D eigenvalue weighted by molar-refractivity contribution is 5.95. The standard InChI is InChI=1S/C16H25N3O2/c1-4-17-15-10-12(9-14(18-15)11(2)3)16(21)19-7-5-13(20)6-8-19/h9-11,13,20H,4-8H2,1-3H3,(H,17,18). The predicted molar refractivity (Wildman–Crippen MR) is 83.6 cm³/mol. The summed E-state index contributed by atoms with van der Waals surface area (Å²) in [7, 11) is 0. The maximum absolute atomic E-state index is 12.6. The lowest BCUT2D eigenvalue weighted by Crippen LogP contribution is -2.40. The lowest BCUT2D eigenvalue weighted by atomic mass is 10.0. The van der Waals surface area contributed by atoms with Crippen molar-refractivity contribution in [2.24, 2.45) is 0 Å². The highest BCUT2D eigenvalue weighted by atomic mass is 16.3. The van der Waals surface area contributed by atoms with Gasteiger partial charge >= 0.3 is 0 Å². The zero-order valence-corrected chi connectivity index (χ0v) is 13.1. The topological polar surface area (TPSA) is 65.5 Å². The molecule has 1 aliphatic rings. The van der Waals surface area contributed by atoms with Gasteiger partial charge < -0.3 is 15.3 Å². The number of amides is 1. The van der Waals surface area contributed by atoms with E-state index in [1.165, 1.54) is 0 Å². The highest BCUT2D eigenvalue weighted by Gasteiger charge is 2.23. The Kier molecular flexibility index (Phi) is 5.17. The van der Waals surface area contributed by atoms with Crippen molar-refractivity contribution in [3.05, 3.63) is 23.4 Å². The van der Waals surface area contributed by atoms with Crippen LogP contribution in [0.4, 0.5) is 5.82 Å². The lowest BCUT2D eigenvalue weighted by molar-refractivity contribution is 0.0546. The zero-order valence-electron chi connectivity index (χ0n) is 13.1. The van der Waals surface area contributed by atoms with Crippen LogP contribution >= 0.6 is 0 Å². The Morgan fingerprint density at radius 1 is 1.43 bits per heavy atom. The Morgan fingerprint density at radius 2 is 2.10 bits per heavy atom. The van der Waals surface area contributed by atoms with E-state index in [-0.39, 0.29) is 17.9 Å². The third kappa shape index (κ3) is 3.94. The van der Waals surface area contributed by atoms with E-state index in [2.05, 4.69) is 24.1 Å². The molecule has 1 amide bonds. The van der Waals surface area contributed by atoms with Crippen molar-refractivity contribution in [1.29, 1.82) is 0 Å². The number of piperidine rings is 1. The minimum absolute atomic E-state index is 0.0327. The molecule has 2 rings (SSSR count).